The number of alkyl halides is 1. The number of phenols is 1. The molecule has 1 aromatic rings. The van der Waals surface area contributed by atoms with Crippen LogP contribution in [0.3, 0.4) is 0 Å². The smallest absolute Gasteiger partial charge is 0.115 e. The Morgan fingerprint density at radius 1 is 1.11 bits per heavy atom. The van der Waals surface area contributed by atoms with Gasteiger partial charge in [0.05, 0.1) is 3.92 Å². The molecule has 18 heavy (non-hydrogen) atoms. The molecule has 0 heterocycles. The Morgan fingerprint density at radius 3 is 2.28 bits per heavy atom. The van der Waals surface area contributed by atoms with Crippen LogP contribution in [0.25, 0.3) is 0 Å². The maximum absolute atomic E-state index is 9.64. The van der Waals surface area contributed by atoms with Crippen LogP contribution >= 0.6 is 22.6 Å². The third-order valence-corrected chi connectivity index (χ3v) is 4.65. The molecule has 1 aliphatic carbocycles. The Kier molecular flexibility index (Phi) is 3.71. The average Bonchev–Trinajstić information content (AvgIpc) is 2.33. The van der Waals surface area contributed by atoms with Gasteiger partial charge in [-0.2, -0.15) is 0 Å². The zero-order valence-corrected chi connectivity index (χ0v) is 12.7. The number of phenolic OH excluding ortho intramolecular Hbond substituents is 1. The van der Waals surface area contributed by atoms with E-state index in [1.54, 1.807) is 18.2 Å². The summed E-state index contributed by atoms with van der Waals surface area (Å²) in [5.41, 5.74) is 2.38. The zero-order valence-electron chi connectivity index (χ0n) is 10.5. The number of halogens is 1. The van der Waals surface area contributed by atoms with E-state index in [2.05, 4.69) is 36.4 Å². The summed E-state index contributed by atoms with van der Waals surface area (Å²) in [7, 11) is 0. The predicted octanol–water partition coefficient (Wildman–Crippen LogP) is 4.25. The molecular formula is C15H17IO2. The van der Waals surface area contributed by atoms with Gasteiger partial charge in [-0.1, -0.05) is 60.2 Å². The minimum atomic E-state index is -0.0890. The topological polar surface area (TPSA) is 40.5 Å². The van der Waals surface area contributed by atoms with Gasteiger partial charge in [-0.25, -0.2) is 0 Å². The molecule has 0 fully saturated rings. The summed E-state index contributed by atoms with van der Waals surface area (Å²) in [5.74, 6) is 0.734. The fraction of sp³-hybridized carbons (Fsp3) is 0.333. The maximum atomic E-state index is 9.64. The lowest BCUT2D eigenvalue weighted by atomic mass is 9.74. The van der Waals surface area contributed by atoms with Gasteiger partial charge in [-0.15, -0.1) is 0 Å². The van der Waals surface area contributed by atoms with Crippen LogP contribution in [-0.4, -0.2) is 14.1 Å². The summed E-state index contributed by atoms with van der Waals surface area (Å²) in [6.45, 7) is 4.34. The van der Waals surface area contributed by atoms with Crippen LogP contribution in [-0.2, 0) is 5.41 Å². The number of aromatic hydroxyl groups is 1. The molecule has 2 N–H and O–H groups in total. The lowest BCUT2D eigenvalue weighted by Crippen LogP contribution is -2.24. The molecule has 1 unspecified atom stereocenters. The highest BCUT2D eigenvalue weighted by Gasteiger charge is 2.29. The molecule has 0 bridgehead atoms. The van der Waals surface area contributed by atoms with Crippen LogP contribution in [0.15, 0.2) is 47.7 Å². The van der Waals surface area contributed by atoms with Crippen LogP contribution in [0.2, 0.25) is 0 Å². The van der Waals surface area contributed by atoms with E-state index in [0.717, 1.165) is 6.42 Å². The molecule has 1 aliphatic rings. The molecule has 0 aliphatic heterocycles. The molecule has 2 rings (SSSR count). The van der Waals surface area contributed by atoms with Crippen molar-refractivity contribution >= 4 is 22.6 Å². The molecule has 3 heteroatoms. The second-order valence-corrected chi connectivity index (χ2v) is 6.63. The number of hydrogen-bond donors (Lipinski definition) is 2. The molecule has 2 nitrogen and oxygen atoms in total. The first kappa shape index (κ1) is 13.5. The molecule has 0 spiro atoms. The molecule has 1 aromatic carbocycles. The van der Waals surface area contributed by atoms with Gasteiger partial charge in [-0.3, -0.25) is 0 Å². The first-order valence-corrected chi connectivity index (χ1v) is 7.19. The Morgan fingerprint density at radius 2 is 1.72 bits per heavy atom. The standard InChI is InChI=1S/C15H17IO2/c1-15(2,10-3-6-12(17)7-4-10)11-5-8-14(18)13(16)9-11/h3-8,13,17-18H,9H2,1-2H3. The lowest BCUT2D eigenvalue weighted by Gasteiger charge is -2.32. The van der Waals surface area contributed by atoms with Gasteiger partial charge >= 0.3 is 0 Å². The highest BCUT2D eigenvalue weighted by molar-refractivity contribution is 14.1. The Balaban J connectivity index is 2.34. The van der Waals surface area contributed by atoms with Crippen molar-refractivity contribution in [1.82, 2.24) is 0 Å². The quantitative estimate of drug-likeness (QED) is 0.615. The Hall–Kier alpha value is -0.970. The summed E-state index contributed by atoms with van der Waals surface area (Å²) >= 11 is 2.26. The predicted molar refractivity (Wildman–Crippen MR) is 82.4 cm³/mol. The van der Waals surface area contributed by atoms with Gasteiger partial charge < -0.3 is 10.2 Å². The lowest BCUT2D eigenvalue weighted by molar-refractivity contribution is 0.390. The fourth-order valence-corrected chi connectivity index (χ4v) is 2.87. The van der Waals surface area contributed by atoms with Crippen LogP contribution in [0.4, 0.5) is 0 Å². The van der Waals surface area contributed by atoms with Gasteiger partial charge in [-0.05, 0) is 30.2 Å². The number of rotatable bonds is 2. The van der Waals surface area contributed by atoms with Crippen molar-refractivity contribution < 1.29 is 10.2 Å². The van der Waals surface area contributed by atoms with Crippen molar-refractivity contribution in [2.45, 2.75) is 29.6 Å². The van der Waals surface area contributed by atoms with E-state index in [0.29, 0.717) is 5.76 Å². The fourth-order valence-electron chi connectivity index (χ4n) is 2.18. The molecule has 0 saturated carbocycles. The minimum Gasteiger partial charge on any atom is -0.511 e. The average molecular weight is 356 g/mol. The number of allylic oxidation sites excluding steroid dienone is 4. The van der Waals surface area contributed by atoms with Gasteiger partial charge in [0.25, 0.3) is 0 Å². The summed E-state index contributed by atoms with van der Waals surface area (Å²) in [6, 6.07) is 7.34. The monoisotopic (exact) mass is 356 g/mol. The Labute approximate surface area is 121 Å². The van der Waals surface area contributed by atoms with E-state index >= 15 is 0 Å². The molecule has 0 radical (unpaired) electrons. The summed E-state index contributed by atoms with van der Waals surface area (Å²) < 4.78 is 0.152. The SMILES string of the molecule is CC(C)(C1=CC=C(O)C(I)C1)c1ccc(O)cc1. The van der Waals surface area contributed by atoms with Crippen LogP contribution < -0.4 is 0 Å². The van der Waals surface area contributed by atoms with E-state index in [1.165, 1.54) is 11.1 Å². The highest BCUT2D eigenvalue weighted by Crippen LogP contribution is 2.38. The van der Waals surface area contributed by atoms with E-state index in [4.69, 9.17) is 0 Å². The van der Waals surface area contributed by atoms with E-state index in [-0.39, 0.29) is 15.1 Å². The van der Waals surface area contributed by atoms with Gasteiger partial charge in [0.15, 0.2) is 0 Å². The molecule has 0 aromatic heterocycles. The highest BCUT2D eigenvalue weighted by atomic mass is 127. The summed E-state index contributed by atoms with van der Waals surface area (Å²) in [6.07, 6.45) is 4.66. The van der Waals surface area contributed by atoms with Crippen molar-refractivity contribution in [3.8, 4) is 5.75 Å². The van der Waals surface area contributed by atoms with Crippen molar-refractivity contribution in [3.63, 3.8) is 0 Å². The number of hydrogen-bond acceptors (Lipinski definition) is 2. The first-order chi connectivity index (χ1) is 8.41. The van der Waals surface area contributed by atoms with E-state index in [1.807, 2.05) is 18.2 Å². The first-order valence-electron chi connectivity index (χ1n) is 5.95. The minimum absolute atomic E-state index is 0.0890. The molecule has 0 amide bonds. The van der Waals surface area contributed by atoms with Gasteiger partial charge in [0.1, 0.15) is 11.5 Å². The number of aliphatic hydroxyl groups is 1. The normalized spacial score (nSPS) is 20.3. The molecule has 1 atom stereocenters. The van der Waals surface area contributed by atoms with Crippen molar-refractivity contribution in [1.29, 1.82) is 0 Å². The van der Waals surface area contributed by atoms with E-state index < -0.39 is 0 Å². The van der Waals surface area contributed by atoms with E-state index in [9.17, 15) is 10.2 Å². The van der Waals surface area contributed by atoms with Crippen LogP contribution in [0.1, 0.15) is 25.8 Å². The second-order valence-electron chi connectivity index (χ2n) is 5.13. The molecule has 96 valence electrons. The maximum Gasteiger partial charge on any atom is 0.115 e. The van der Waals surface area contributed by atoms with Crippen molar-refractivity contribution in [2.75, 3.05) is 0 Å². The number of benzene rings is 1. The van der Waals surface area contributed by atoms with Crippen LogP contribution in [0, 0.1) is 0 Å². The summed E-state index contributed by atoms with van der Waals surface area (Å²) in [5, 5.41) is 19.0. The largest absolute Gasteiger partial charge is 0.511 e. The molecular weight excluding hydrogens is 339 g/mol. The van der Waals surface area contributed by atoms with Crippen molar-refractivity contribution in [2.24, 2.45) is 0 Å². The van der Waals surface area contributed by atoms with Crippen molar-refractivity contribution in [3.05, 3.63) is 53.3 Å². The molecule has 0 saturated heterocycles. The summed E-state index contributed by atoms with van der Waals surface area (Å²) in [4.78, 5) is 0. The van der Waals surface area contributed by atoms with Gasteiger partial charge in [0, 0.05) is 5.41 Å². The van der Waals surface area contributed by atoms with Gasteiger partial charge in [0.2, 0.25) is 0 Å². The zero-order chi connectivity index (χ0) is 13.3. The third-order valence-electron chi connectivity index (χ3n) is 3.57. The van der Waals surface area contributed by atoms with Crippen LogP contribution in [0.5, 0.6) is 5.75 Å². The Bertz CT molecular complexity index is 498. The third kappa shape index (κ3) is 2.55. The second kappa shape index (κ2) is 4.96. The number of aliphatic hydroxyl groups excluding tert-OH is 1.